The second-order valence-corrected chi connectivity index (χ2v) is 21.3. The molecule has 0 aromatic carbocycles. The highest BCUT2D eigenvalue weighted by Gasteiger charge is 2.23. The van der Waals surface area contributed by atoms with Gasteiger partial charge in [-0.2, -0.15) is 0 Å². The smallest absolute Gasteiger partial charge is 0.268 e. The Morgan fingerprint density at radius 2 is 0.908 bits per heavy atom. The maximum atomic E-state index is 12.9. The number of unbranched alkanes of at least 4 members (excludes halogenated alkanes) is 31. The Morgan fingerprint density at radius 3 is 1.34 bits per heavy atom. The number of aliphatic hydroxyl groups excluding tert-OH is 1. The van der Waals surface area contributed by atoms with Crippen molar-refractivity contribution in [2.75, 3.05) is 40.9 Å². The number of phosphoric ester groups is 1. The van der Waals surface area contributed by atoms with Gasteiger partial charge in [-0.1, -0.05) is 229 Å². The first-order valence-corrected chi connectivity index (χ1v) is 29.0. The predicted octanol–water partition coefficient (Wildman–Crippen LogP) is 15.7. The second kappa shape index (κ2) is 47.5. The van der Waals surface area contributed by atoms with Crippen molar-refractivity contribution in [2.24, 2.45) is 0 Å². The molecule has 0 saturated carbocycles. The van der Waals surface area contributed by atoms with Gasteiger partial charge in [0.05, 0.1) is 39.9 Å². The predicted molar refractivity (Wildman–Crippen MR) is 279 cm³/mol. The molecule has 0 aromatic rings. The summed E-state index contributed by atoms with van der Waals surface area (Å²) in [7, 11) is 1.24. The van der Waals surface area contributed by atoms with Gasteiger partial charge < -0.3 is 28.8 Å². The highest BCUT2D eigenvalue weighted by atomic mass is 31.2. The van der Waals surface area contributed by atoms with E-state index in [1.165, 1.54) is 186 Å². The van der Waals surface area contributed by atoms with Gasteiger partial charge in [0.25, 0.3) is 7.82 Å². The van der Waals surface area contributed by atoms with Crippen molar-refractivity contribution in [3.8, 4) is 0 Å². The highest BCUT2D eigenvalue weighted by molar-refractivity contribution is 7.45. The third-order valence-electron chi connectivity index (χ3n) is 12.3. The molecule has 0 rings (SSSR count). The van der Waals surface area contributed by atoms with Crippen LogP contribution in [0.5, 0.6) is 0 Å². The lowest BCUT2D eigenvalue weighted by atomic mass is 10.0. The largest absolute Gasteiger partial charge is 0.756 e. The van der Waals surface area contributed by atoms with Crippen molar-refractivity contribution in [1.29, 1.82) is 0 Å². The number of allylic oxidation sites excluding steroid dienone is 7. The topological polar surface area (TPSA) is 108 Å². The van der Waals surface area contributed by atoms with Crippen LogP contribution in [0.3, 0.4) is 0 Å². The Kier molecular flexibility index (Phi) is 46.4. The molecule has 0 aliphatic carbocycles. The molecule has 65 heavy (non-hydrogen) atoms. The average Bonchev–Trinajstić information content (AvgIpc) is 3.26. The minimum Gasteiger partial charge on any atom is -0.756 e. The first-order valence-electron chi connectivity index (χ1n) is 27.5. The van der Waals surface area contributed by atoms with Gasteiger partial charge in [-0.25, -0.2) is 0 Å². The maximum Gasteiger partial charge on any atom is 0.268 e. The number of aliphatic hydroxyl groups is 1. The molecule has 1 amide bonds. The molecule has 0 aliphatic heterocycles. The van der Waals surface area contributed by atoms with E-state index in [1.54, 1.807) is 6.08 Å². The normalized spacial score (nSPS) is 14.4. The van der Waals surface area contributed by atoms with E-state index in [9.17, 15) is 19.4 Å². The van der Waals surface area contributed by atoms with E-state index < -0.39 is 26.6 Å². The summed E-state index contributed by atoms with van der Waals surface area (Å²) < 4.78 is 23.3. The quantitative estimate of drug-likeness (QED) is 0.0272. The van der Waals surface area contributed by atoms with Crippen molar-refractivity contribution >= 4 is 13.7 Å². The van der Waals surface area contributed by atoms with Gasteiger partial charge in [0.1, 0.15) is 13.2 Å². The van der Waals surface area contributed by atoms with Crippen molar-refractivity contribution < 1.29 is 32.9 Å². The number of hydrogen-bond acceptors (Lipinski definition) is 6. The third-order valence-corrected chi connectivity index (χ3v) is 13.2. The lowest BCUT2D eigenvalue weighted by Crippen LogP contribution is -2.45. The van der Waals surface area contributed by atoms with Gasteiger partial charge >= 0.3 is 0 Å². The summed E-state index contributed by atoms with van der Waals surface area (Å²) in [6.45, 7) is 4.63. The van der Waals surface area contributed by atoms with Crippen LogP contribution in [0.15, 0.2) is 48.6 Å². The molecule has 2 N–H and O–H groups in total. The van der Waals surface area contributed by atoms with Gasteiger partial charge in [-0.15, -0.1) is 0 Å². The standard InChI is InChI=1S/C56H107N2O6P/c1-6-8-10-12-14-16-18-20-22-23-24-25-26-27-28-29-30-31-32-33-34-35-36-38-40-42-44-46-48-50-56(60)57-54(53-64-65(61,62)63-52-51-58(3,4)5)55(59)49-47-45-43-41-39-37-21-19-17-15-13-11-9-7-2/h24-25,27-28,39,41,47,49,54-55,59H,6-23,26,29-38,40,42-46,48,50-53H2,1-5H3,(H-,57,60,61,62)/b25-24-,28-27-,41-39+,49-47+. The zero-order valence-electron chi connectivity index (χ0n) is 43.4. The fourth-order valence-electron chi connectivity index (χ4n) is 7.91. The summed E-state index contributed by atoms with van der Waals surface area (Å²) in [6.07, 6.45) is 61.9. The summed E-state index contributed by atoms with van der Waals surface area (Å²) in [5, 5.41) is 13.8. The first kappa shape index (κ1) is 63.5. The molecule has 0 fully saturated rings. The van der Waals surface area contributed by atoms with Crippen LogP contribution in [0.25, 0.3) is 0 Å². The number of rotatable bonds is 50. The average molecular weight is 935 g/mol. The summed E-state index contributed by atoms with van der Waals surface area (Å²) >= 11 is 0. The van der Waals surface area contributed by atoms with Gasteiger partial charge in [0, 0.05) is 6.42 Å². The third kappa shape index (κ3) is 50.2. The molecule has 3 atom stereocenters. The zero-order chi connectivity index (χ0) is 47.8. The Labute approximate surface area is 403 Å². The van der Waals surface area contributed by atoms with E-state index in [1.807, 2.05) is 27.2 Å². The number of quaternary nitrogens is 1. The highest BCUT2D eigenvalue weighted by Crippen LogP contribution is 2.38. The molecule has 382 valence electrons. The molecule has 0 aliphatic rings. The van der Waals surface area contributed by atoms with Gasteiger partial charge in [-0.3, -0.25) is 9.36 Å². The minimum absolute atomic E-state index is 0.00697. The van der Waals surface area contributed by atoms with Crippen LogP contribution in [0.1, 0.15) is 251 Å². The van der Waals surface area contributed by atoms with Crippen molar-refractivity contribution in [1.82, 2.24) is 5.32 Å². The Hall–Kier alpha value is -1.54. The number of amides is 1. The molecule has 0 radical (unpaired) electrons. The van der Waals surface area contributed by atoms with Crippen molar-refractivity contribution in [3.63, 3.8) is 0 Å². The lowest BCUT2D eigenvalue weighted by molar-refractivity contribution is -0.870. The summed E-state index contributed by atoms with van der Waals surface area (Å²) in [5.74, 6) is -0.208. The fraction of sp³-hybridized carbons (Fsp3) is 0.839. The van der Waals surface area contributed by atoms with E-state index in [2.05, 4.69) is 55.6 Å². The number of carbonyl (C=O) groups is 1. The monoisotopic (exact) mass is 935 g/mol. The van der Waals surface area contributed by atoms with Crippen LogP contribution < -0.4 is 10.2 Å². The summed E-state index contributed by atoms with van der Waals surface area (Å²) in [4.78, 5) is 25.4. The van der Waals surface area contributed by atoms with E-state index in [-0.39, 0.29) is 12.5 Å². The van der Waals surface area contributed by atoms with Gasteiger partial charge in [-0.05, 0) is 64.2 Å². The molecule has 0 aromatic heterocycles. The number of nitrogens with one attached hydrogen (secondary N) is 1. The molecule has 0 bridgehead atoms. The maximum absolute atomic E-state index is 12.9. The van der Waals surface area contributed by atoms with Crippen molar-refractivity contribution in [2.45, 2.75) is 264 Å². The van der Waals surface area contributed by atoms with Gasteiger partial charge in [0.15, 0.2) is 0 Å². The van der Waals surface area contributed by atoms with Crippen LogP contribution in [0, 0.1) is 0 Å². The van der Waals surface area contributed by atoms with E-state index in [0.29, 0.717) is 17.4 Å². The molecule has 8 nitrogen and oxygen atoms in total. The molecule has 3 unspecified atom stereocenters. The lowest BCUT2D eigenvalue weighted by Gasteiger charge is -2.29. The van der Waals surface area contributed by atoms with Crippen LogP contribution in [-0.4, -0.2) is 68.5 Å². The molecular formula is C56H107N2O6P. The van der Waals surface area contributed by atoms with Crippen molar-refractivity contribution in [3.05, 3.63) is 48.6 Å². The number of hydrogen-bond donors (Lipinski definition) is 2. The fourth-order valence-corrected chi connectivity index (χ4v) is 8.63. The van der Waals surface area contributed by atoms with Crippen LogP contribution in [0.2, 0.25) is 0 Å². The summed E-state index contributed by atoms with van der Waals surface area (Å²) in [6, 6.07) is -0.904. The van der Waals surface area contributed by atoms with E-state index in [0.717, 1.165) is 44.9 Å². The first-order chi connectivity index (χ1) is 31.5. The SMILES string of the molecule is CCCCCCCCCC/C=C/CC/C=C/C(O)C(COP(=O)([O-])OCC[N+](C)(C)C)NC(=O)CCCCCCCCCCCCCCC/C=C\C/C=C\CCCCCCCCCCC. The molecule has 0 heterocycles. The number of nitrogens with zero attached hydrogens (tertiary/aromatic N) is 1. The van der Waals surface area contributed by atoms with E-state index in [4.69, 9.17) is 9.05 Å². The van der Waals surface area contributed by atoms with Gasteiger partial charge in [0.2, 0.25) is 5.91 Å². The van der Waals surface area contributed by atoms with Crippen LogP contribution >= 0.6 is 7.82 Å². The Morgan fingerprint density at radius 1 is 0.538 bits per heavy atom. The number of likely N-dealkylation sites (N-methyl/N-ethyl adjacent to an activating group) is 1. The zero-order valence-corrected chi connectivity index (χ0v) is 44.3. The molecule has 0 spiro atoms. The molecule has 9 heteroatoms. The second-order valence-electron chi connectivity index (χ2n) is 19.9. The Balaban J connectivity index is 4.15. The minimum atomic E-state index is -4.60. The number of phosphoric acid groups is 1. The Bertz CT molecular complexity index is 1200. The molecular weight excluding hydrogens is 828 g/mol. The number of carbonyl (C=O) groups excluding carboxylic acids is 1. The van der Waals surface area contributed by atoms with E-state index >= 15 is 0 Å². The van der Waals surface area contributed by atoms with Crippen LogP contribution in [-0.2, 0) is 18.4 Å². The summed E-state index contributed by atoms with van der Waals surface area (Å²) in [5.41, 5.74) is 0. The molecule has 0 saturated heterocycles. The van der Waals surface area contributed by atoms with Crippen LogP contribution in [0.4, 0.5) is 0 Å².